The molecule has 5 heteroatoms. The molecule has 0 spiro atoms. The number of fused-ring (bicyclic) bond motifs is 3. The van der Waals surface area contributed by atoms with E-state index in [4.69, 9.17) is 0 Å². The van der Waals surface area contributed by atoms with Crippen LogP contribution in [0.3, 0.4) is 0 Å². The lowest BCUT2D eigenvalue weighted by Crippen LogP contribution is -2.46. The minimum atomic E-state index is -0.963. The molecule has 98 valence electrons. The third kappa shape index (κ3) is 1.62. The molecule has 19 heavy (non-hydrogen) atoms. The Labute approximate surface area is 109 Å². The number of carboxylic acid groups (broad SMARTS) is 1. The number of aromatic nitrogens is 1. The first kappa shape index (κ1) is 11.8. The second kappa shape index (κ2) is 4.12. The van der Waals surface area contributed by atoms with Crippen molar-refractivity contribution >= 4 is 23.3 Å². The fourth-order valence-electron chi connectivity index (χ4n) is 2.89. The van der Waals surface area contributed by atoms with Crippen molar-refractivity contribution in [1.82, 2.24) is 9.88 Å². The Morgan fingerprint density at radius 3 is 2.89 bits per heavy atom. The Kier molecular flexibility index (Phi) is 2.55. The molecule has 5 nitrogen and oxygen atoms in total. The zero-order chi connectivity index (χ0) is 13.6. The molecule has 1 aliphatic heterocycles. The Balaban J connectivity index is 2.20. The number of amides is 1. The zero-order valence-corrected chi connectivity index (χ0v) is 10.5. The van der Waals surface area contributed by atoms with Gasteiger partial charge in [-0.1, -0.05) is 18.2 Å². The molecule has 2 atom stereocenters. The molecule has 2 aromatic rings. The molecular weight excluding hydrogens is 244 g/mol. The summed E-state index contributed by atoms with van der Waals surface area (Å²) in [4.78, 5) is 27.1. The summed E-state index contributed by atoms with van der Waals surface area (Å²) in [6, 6.07) is 6.76. The molecule has 1 aromatic heterocycles. The minimum Gasteiger partial charge on any atom is -0.480 e. The van der Waals surface area contributed by atoms with Crippen LogP contribution in [-0.4, -0.2) is 33.4 Å². The molecule has 0 saturated carbocycles. The van der Waals surface area contributed by atoms with E-state index in [0.29, 0.717) is 12.8 Å². The first-order chi connectivity index (χ1) is 9.13. The molecule has 3 rings (SSSR count). The summed E-state index contributed by atoms with van der Waals surface area (Å²) in [5.74, 6) is -0.963. The Bertz CT molecular complexity index is 662. The standard InChI is InChI=1S/C14H14N2O3/c1-8-13-10(6-12(14(18)19)16(8)7-17)9-4-2-3-5-11(9)15-13/h2-5,7-8,12,15H,6H2,1H3,(H,18,19). The summed E-state index contributed by atoms with van der Waals surface area (Å²) in [6.07, 6.45) is 0.968. The third-order valence-electron chi connectivity index (χ3n) is 3.88. The fourth-order valence-corrected chi connectivity index (χ4v) is 2.89. The molecule has 2 unspecified atom stereocenters. The van der Waals surface area contributed by atoms with E-state index in [1.54, 1.807) is 0 Å². The number of aliphatic carboxylic acids is 1. The van der Waals surface area contributed by atoms with Gasteiger partial charge in [-0.2, -0.15) is 0 Å². The van der Waals surface area contributed by atoms with Gasteiger partial charge in [0.2, 0.25) is 6.41 Å². The van der Waals surface area contributed by atoms with Crippen LogP contribution in [-0.2, 0) is 16.0 Å². The number of nitrogens with one attached hydrogen (secondary N) is 1. The second-order valence-corrected chi connectivity index (χ2v) is 4.85. The minimum absolute atomic E-state index is 0.255. The van der Waals surface area contributed by atoms with Gasteiger partial charge >= 0.3 is 5.97 Å². The van der Waals surface area contributed by atoms with Crippen LogP contribution < -0.4 is 0 Å². The number of hydrogen-bond acceptors (Lipinski definition) is 2. The van der Waals surface area contributed by atoms with Crippen molar-refractivity contribution < 1.29 is 14.7 Å². The molecule has 0 bridgehead atoms. The molecule has 2 N–H and O–H groups in total. The van der Waals surface area contributed by atoms with E-state index in [9.17, 15) is 14.7 Å². The van der Waals surface area contributed by atoms with Crippen LogP contribution in [0.1, 0.15) is 24.2 Å². The van der Waals surface area contributed by atoms with E-state index < -0.39 is 12.0 Å². The van der Waals surface area contributed by atoms with Crippen LogP contribution in [0.5, 0.6) is 0 Å². The quantitative estimate of drug-likeness (QED) is 0.805. The predicted molar refractivity (Wildman–Crippen MR) is 69.7 cm³/mol. The topological polar surface area (TPSA) is 73.4 Å². The van der Waals surface area contributed by atoms with Gasteiger partial charge in [-0.25, -0.2) is 4.79 Å². The van der Waals surface area contributed by atoms with Crippen LogP contribution in [0.15, 0.2) is 24.3 Å². The van der Waals surface area contributed by atoms with E-state index in [0.717, 1.165) is 22.2 Å². The van der Waals surface area contributed by atoms with E-state index in [-0.39, 0.29) is 6.04 Å². The first-order valence-electron chi connectivity index (χ1n) is 6.18. The van der Waals surface area contributed by atoms with Crippen molar-refractivity contribution in [3.05, 3.63) is 35.5 Å². The van der Waals surface area contributed by atoms with Crippen molar-refractivity contribution in [1.29, 1.82) is 0 Å². The van der Waals surface area contributed by atoms with Gasteiger partial charge in [0.05, 0.1) is 6.04 Å². The van der Waals surface area contributed by atoms with Crippen LogP contribution >= 0.6 is 0 Å². The normalized spacial score (nSPS) is 22.3. The van der Waals surface area contributed by atoms with Crippen LogP contribution in [0.2, 0.25) is 0 Å². The maximum absolute atomic E-state index is 11.3. The van der Waals surface area contributed by atoms with E-state index in [1.807, 2.05) is 31.2 Å². The highest BCUT2D eigenvalue weighted by atomic mass is 16.4. The average Bonchev–Trinajstić information content (AvgIpc) is 2.77. The number of carboxylic acids is 1. The molecule has 0 saturated heterocycles. The SMILES string of the molecule is CC1c2[nH]c3ccccc3c2CC(C(=O)O)N1C=O. The largest absolute Gasteiger partial charge is 0.480 e. The molecule has 0 aliphatic carbocycles. The number of nitrogens with zero attached hydrogens (tertiary/aromatic N) is 1. The van der Waals surface area contributed by atoms with Crippen LogP contribution in [0, 0.1) is 0 Å². The molecular formula is C14H14N2O3. The van der Waals surface area contributed by atoms with Gasteiger partial charge in [-0.15, -0.1) is 0 Å². The summed E-state index contributed by atoms with van der Waals surface area (Å²) >= 11 is 0. The Morgan fingerprint density at radius 2 is 2.21 bits per heavy atom. The lowest BCUT2D eigenvalue weighted by molar-refractivity contribution is -0.148. The van der Waals surface area contributed by atoms with Crippen LogP contribution in [0.25, 0.3) is 10.9 Å². The van der Waals surface area contributed by atoms with Gasteiger partial charge in [0, 0.05) is 23.0 Å². The Morgan fingerprint density at radius 1 is 1.47 bits per heavy atom. The average molecular weight is 258 g/mol. The van der Waals surface area contributed by atoms with Gasteiger partial charge < -0.3 is 15.0 Å². The van der Waals surface area contributed by atoms with Crippen molar-refractivity contribution in [2.75, 3.05) is 0 Å². The molecule has 0 radical (unpaired) electrons. The lowest BCUT2D eigenvalue weighted by Gasteiger charge is -2.35. The fraction of sp³-hybridized carbons (Fsp3) is 0.286. The number of carbonyl (C=O) groups excluding carboxylic acids is 1. The van der Waals surface area contributed by atoms with Gasteiger partial charge in [0.25, 0.3) is 0 Å². The summed E-state index contributed by atoms with van der Waals surface area (Å²) in [5, 5.41) is 10.3. The maximum Gasteiger partial charge on any atom is 0.326 e. The number of para-hydroxylation sites is 1. The monoisotopic (exact) mass is 258 g/mol. The molecule has 1 amide bonds. The lowest BCUT2D eigenvalue weighted by atomic mass is 9.93. The molecule has 1 aliphatic rings. The first-order valence-corrected chi connectivity index (χ1v) is 6.18. The van der Waals surface area contributed by atoms with Gasteiger partial charge in [-0.05, 0) is 18.6 Å². The van der Waals surface area contributed by atoms with Gasteiger partial charge in [-0.3, -0.25) is 4.79 Å². The summed E-state index contributed by atoms with van der Waals surface area (Å²) < 4.78 is 0. The molecule has 1 aromatic carbocycles. The number of benzene rings is 1. The van der Waals surface area contributed by atoms with Gasteiger partial charge in [0.15, 0.2) is 0 Å². The smallest absolute Gasteiger partial charge is 0.326 e. The number of H-pyrrole nitrogens is 1. The maximum atomic E-state index is 11.3. The van der Waals surface area contributed by atoms with Crippen molar-refractivity contribution in [3.8, 4) is 0 Å². The van der Waals surface area contributed by atoms with Crippen molar-refractivity contribution in [2.45, 2.75) is 25.4 Å². The van der Waals surface area contributed by atoms with Crippen molar-refractivity contribution in [2.24, 2.45) is 0 Å². The molecule has 2 heterocycles. The Hall–Kier alpha value is -2.30. The highest BCUT2D eigenvalue weighted by Gasteiger charge is 2.37. The summed E-state index contributed by atoms with van der Waals surface area (Å²) in [6.45, 7) is 1.84. The third-order valence-corrected chi connectivity index (χ3v) is 3.88. The predicted octanol–water partition coefficient (Wildman–Crippen LogP) is 1.70. The highest BCUT2D eigenvalue weighted by molar-refractivity contribution is 5.87. The van der Waals surface area contributed by atoms with Gasteiger partial charge in [0.1, 0.15) is 6.04 Å². The van der Waals surface area contributed by atoms with E-state index in [2.05, 4.69) is 4.98 Å². The number of carbonyl (C=O) groups is 2. The van der Waals surface area contributed by atoms with Crippen LogP contribution in [0.4, 0.5) is 0 Å². The zero-order valence-electron chi connectivity index (χ0n) is 10.5. The number of rotatable bonds is 2. The van der Waals surface area contributed by atoms with E-state index in [1.165, 1.54) is 4.90 Å². The van der Waals surface area contributed by atoms with E-state index >= 15 is 0 Å². The van der Waals surface area contributed by atoms with Crippen molar-refractivity contribution in [3.63, 3.8) is 0 Å². The summed E-state index contributed by atoms with van der Waals surface area (Å²) in [5.41, 5.74) is 2.93. The highest BCUT2D eigenvalue weighted by Crippen LogP contribution is 2.36. The number of hydrogen-bond donors (Lipinski definition) is 2. The molecule has 0 fully saturated rings. The second-order valence-electron chi connectivity index (χ2n) is 4.85. The number of aromatic amines is 1. The summed E-state index contributed by atoms with van der Waals surface area (Å²) in [7, 11) is 0.